The first-order chi connectivity index (χ1) is 8.81. The molecule has 0 heterocycles. The average Bonchev–Trinajstić information content (AvgIpc) is 2.36. The van der Waals surface area contributed by atoms with Gasteiger partial charge >= 0.3 is 12.2 Å². The Bertz CT molecular complexity index is 420. The summed E-state index contributed by atoms with van der Waals surface area (Å²) in [5.41, 5.74) is 0.863. The van der Waals surface area contributed by atoms with Crippen LogP contribution in [-0.4, -0.2) is 37.0 Å². The summed E-state index contributed by atoms with van der Waals surface area (Å²) in [6.07, 6.45) is -2.44. The maximum Gasteiger partial charge on any atom is 0.405 e. The Morgan fingerprint density at radius 3 is 2.37 bits per heavy atom. The number of urea groups is 1. The van der Waals surface area contributed by atoms with Crippen LogP contribution in [0, 0.1) is 0 Å². The Balaban J connectivity index is 2.49. The number of rotatable bonds is 4. The van der Waals surface area contributed by atoms with E-state index in [1.54, 1.807) is 11.8 Å². The number of halogens is 3. The lowest BCUT2D eigenvalue weighted by atomic mass is 10.2. The number of nitrogens with zero attached hydrogens (tertiary/aromatic N) is 1. The fourth-order valence-electron chi connectivity index (χ4n) is 1.39. The number of carbonyl (C=O) groups is 1. The summed E-state index contributed by atoms with van der Waals surface area (Å²) in [5, 5.41) is 1.82. The van der Waals surface area contributed by atoms with Crippen LogP contribution in [0.1, 0.15) is 5.56 Å². The molecule has 0 unspecified atom stereocenters. The third kappa shape index (κ3) is 5.87. The van der Waals surface area contributed by atoms with E-state index in [0.29, 0.717) is 0 Å². The van der Waals surface area contributed by atoms with Gasteiger partial charge in [0.25, 0.3) is 0 Å². The molecule has 19 heavy (non-hydrogen) atoms. The smallest absolute Gasteiger partial charge is 0.329 e. The zero-order valence-electron chi connectivity index (χ0n) is 10.6. The van der Waals surface area contributed by atoms with E-state index in [2.05, 4.69) is 0 Å². The van der Waals surface area contributed by atoms with Gasteiger partial charge in [-0.3, -0.25) is 0 Å². The average molecular weight is 292 g/mol. The quantitative estimate of drug-likeness (QED) is 0.865. The molecule has 3 nitrogen and oxygen atoms in total. The summed E-state index contributed by atoms with van der Waals surface area (Å²) in [6.45, 7) is -1.06. The molecule has 2 amide bonds. The van der Waals surface area contributed by atoms with Gasteiger partial charge in [-0.25, -0.2) is 4.79 Å². The first kappa shape index (κ1) is 15.7. The largest absolute Gasteiger partial charge is 0.405 e. The Hall–Kier alpha value is -1.37. The monoisotopic (exact) mass is 292 g/mol. The first-order valence-electron chi connectivity index (χ1n) is 5.50. The van der Waals surface area contributed by atoms with Crippen molar-refractivity contribution in [1.29, 1.82) is 0 Å². The molecule has 0 atom stereocenters. The van der Waals surface area contributed by atoms with Crippen LogP contribution >= 0.6 is 11.8 Å². The SMILES string of the molecule is CSc1ccc(CN(C)C(=O)NCC(F)(F)F)cc1. The molecule has 0 saturated heterocycles. The van der Waals surface area contributed by atoms with Crippen LogP contribution in [0.3, 0.4) is 0 Å². The molecule has 0 bridgehead atoms. The van der Waals surface area contributed by atoms with Gasteiger partial charge in [0.15, 0.2) is 0 Å². The lowest BCUT2D eigenvalue weighted by Crippen LogP contribution is -2.41. The highest BCUT2D eigenvalue weighted by atomic mass is 32.2. The van der Waals surface area contributed by atoms with Crippen LogP contribution in [0.15, 0.2) is 29.2 Å². The number of benzene rings is 1. The summed E-state index contributed by atoms with van der Waals surface area (Å²) < 4.78 is 35.9. The van der Waals surface area contributed by atoms with Gasteiger partial charge in [-0.15, -0.1) is 11.8 Å². The summed E-state index contributed by atoms with van der Waals surface area (Å²) in [4.78, 5) is 13.7. The molecule has 0 radical (unpaired) electrons. The van der Waals surface area contributed by atoms with Crippen molar-refractivity contribution < 1.29 is 18.0 Å². The minimum absolute atomic E-state index is 0.262. The topological polar surface area (TPSA) is 32.3 Å². The summed E-state index contributed by atoms with van der Waals surface area (Å²) >= 11 is 1.60. The molecular formula is C12H15F3N2OS. The third-order valence-corrected chi connectivity index (χ3v) is 3.11. The van der Waals surface area contributed by atoms with Crippen molar-refractivity contribution in [2.45, 2.75) is 17.6 Å². The van der Waals surface area contributed by atoms with E-state index in [-0.39, 0.29) is 6.54 Å². The standard InChI is InChI=1S/C12H15F3N2OS/c1-17(11(18)16-8-12(13,14)15)7-9-3-5-10(19-2)6-4-9/h3-6H,7-8H2,1-2H3,(H,16,18). The van der Waals surface area contributed by atoms with E-state index in [1.165, 1.54) is 11.9 Å². The van der Waals surface area contributed by atoms with E-state index < -0.39 is 18.8 Å². The maximum atomic E-state index is 12.0. The molecule has 0 saturated carbocycles. The maximum absolute atomic E-state index is 12.0. The van der Waals surface area contributed by atoms with Crippen LogP contribution in [0.2, 0.25) is 0 Å². The van der Waals surface area contributed by atoms with Gasteiger partial charge in [0, 0.05) is 18.5 Å². The Labute approximate surface area is 114 Å². The highest BCUT2D eigenvalue weighted by molar-refractivity contribution is 7.98. The van der Waals surface area contributed by atoms with E-state index >= 15 is 0 Å². The van der Waals surface area contributed by atoms with E-state index in [4.69, 9.17) is 0 Å². The molecule has 0 aliphatic rings. The second-order valence-corrected chi connectivity index (χ2v) is 4.86. The highest BCUT2D eigenvalue weighted by Gasteiger charge is 2.28. The molecule has 0 aromatic heterocycles. The fourth-order valence-corrected chi connectivity index (χ4v) is 1.80. The fraction of sp³-hybridized carbons (Fsp3) is 0.417. The van der Waals surface area contributed by atoms with Crippen LogP contribution in [-0.2, 0) is 6.54 Å². The number of amides is 2. The van der Waals surface area contributed by atoms with Gasteiger partial charge in [-0.05, 0) is 24.0 Å². The lowest BCUT2D eigenvalue weighted by Gasteiger charge is -2.18. The molecule has 0 fully saturated rings. The number of hydrogen-bond acceptors (Lipinski definition) is 2. The summed E-state index contributed by atoms with van der Waals surface area (Å²) in [6, 6.07) is 6.76. The number of nitrogens with one attached hydrogen (secondary N) is 1. The number of thioether (sulfide) groups is 1. The van der Waals surface area contributed by atoms with Crippen LogP contribution in [0.4, 0.5) is 18.0 Å². The van der Waals surface area contributed by atoms with Crippen molar-refractivity contribution in [2.24, 2.45) is 0 Å². The van der Waals surface area contributed by atoms with Gasteiger partial charge in [-0.1, -0.05) is 12.1 Å². The number of alkyl halides is 3. The Morgan fingerprint density at radius 2 is 1.89 bits per heavy atom. The molecule has 1 aromatic carbocycles. The van der Waals surface area contributed by atoms with Crippen molar-refractivity contribution in [3.05, 3.63) is 29.8 Å². The van der Waals surface area contributed by atoms with Crippen LogP contribution in [0.25, 0.3) is 0 Å². The second-order valence-electron chi connectivity index (χ2n) is 3.98. The molecule has 0 aliphatic carbocycles. The Kier molecular flexibility index (Phi) is 5.53. The minimum atomic E-state index is -4.39. The summed E-state index contributed by atoms with van der Waals surface area (Å²) in [5.74, 6) is 0. The van der Waals surface area contributed by atoms with Gasteiger partial charge in [-0.2, -0.15) is 13.2 Å². The van der Waals surface area contributed by atoms with E-state index in [9.17, 15) is 18.0 Å². The number of carbonyl (C=O) groups excluding carboxylic acids is 1. The molecule has 1 N–H and O–H groups in total. The molecule has 1 rings (SSSR count). The molecule has 0 spiro atoms. The van der Waals surface area contributed by atoms with Crippen molar-refractivity contribution in [1.82, 2.24) is 10.2 Å². The molecule has 0 aliphatic heterocycles. The second kappa shape index (κ2) is 6.70. The van der Waals surface area contributed by atoms with Crippen LogP contribution in [0.5, 0.6) is 0 Å². The Morgan fingerprint density at radius 1 is 1.32 bits per heavy atom. The highest BCUT2D eigenvalue weighted by Crippen LogP contribution is 2.16. The lowest BCUT2D eigenvalue weighted by molar-refractivity contribution is -0.123. The van der Waals surface area contributed by atoms with Crippen LogP contribution < -0.4 is 5.32 Å². The van der Waals surface area contributed by atoms with Gasteiger partial charge < -0.3 is 10.2 Å². The first-order valence-corrected chi connectivity index (χ1v) is 6.73. The van der Waals surface area contributed by atoms with E-state index in [1.807, 2.05) is 35.8 Å². The normalized spacial score (nSPS) is 11.2. The van der Waals surface area contributed by atoms with Gasteiger partial charge in [0.1, 0.15) is 6.54 Å². The van der Waals surface area contributed by atoms with Crippen molar-refractivity contribution >= 4 is 17.8 Å². The predicted octanol–water partition coefficient (Wildman–Crippen LogP) is 3.11. The molecular weight excluding hydrogens is 277 g/mol. The third-order valence-electron chi connectivity index (χ3n) is 2.37. The zero-order valence-corrected chi connectivity index (χ0v) is 11.4. The summed E-state index contributed by atoms with van der Waals surface area (Å²) in [7, 11) is 1.45. The molecule has 106 valence electrons. The number of hydrogen-bond donors (Lipinski definition) is 1. The van der Waals surface area contributed by atoms with E-state index in [0.717, 1.165) is 10.5 Å². The minimum Gasteiger partial charge on any atom is -0.329 e. The van der Waals surface area contributed by atoms with Crippen molar-refractivity contribution in [3.63, 3.8) is 0 Å². The van der Waals surface area contributed by atoms with Crippen molar-refractivity contribution in [3.8, 4) is 0 Å². The molecule has 1 aromatic rings. The van der Waals surface area contributed by atoms with Gasteiger partial charge in [0.05, 0.1) is 0 Å². The predicted molar refractivity (Wildman–Crippen MR) is 69.1 cm³/mol. The zero-order chi connectivity index (χ0) is 14.5. The molecule has 7 heteroatoms. The van der Waals surface area contributed by atoms with Gasteiger partial charge in [0.2, 0.25) is 0 Å². The van der Waals surface area contributed by atoms with Crippen molar-refractivity contribution in [2.75, 3.05) is 19.8 Å².